The zero-order chi connectivity index (χ0) is 13.1. The van der Waals surface area contributed by atoms with E-state index in [4.69, 9.17) is 4.74 Å². The van der Waals surface area contributed by atoms with E-state index in [1.165, 1.54) is 0 Å². The fraction of sp³-hybridized carbons (Fsp3) is 0.500. The van der Waals surface area contributed by atoms with Gasteiger partial charge in [-0.1, -0.05) is 26.8 Å². The molecule has 1 aromatic carbocycles. The molecule has 3 heteroatoms. The normalized spacial score (nSPS) is 10.9. The molecule has 0 saturated heterocycles. The first-order valence-corrected chi connectivity index (χ1v) is 5.61. The minimum absolute atomic E-state index is 0.0303. The first kappa shape index (κ1) is 13.5. The predicted molar refractivity (Wildman–Crippen MR) is 68.3 cm³/mol. The number of hydrogen-bond acceptors (Lipinski definition) is 3. The summed E-state index contributed by atoms with van der Waals surface area (Å²) >= 11 is 0. The molecule has 0 aliphatic carbocycles. The summed E-state index contributed by atoms with van der Waals surface area (Å²) in [4.78, 5) is 13.8. The highest BCUT2D eigenvalue weighted by Gasteiger charge is 2.20. The molecule has 17 heavy (non-hydrogen) atoms. The van der Waals surface area contributed by atoms with Crippen molar-refractivity contribution in [3.05, 3.63) is 28.8 Å². The van der Waals surface area contributed by atoms with E-state index in [1.807, 2.05) is 13.0 Å². The Balaban J connectivity index is 3.29. The molecular formula is C14H19NO2. The van der Waals surface area contributed by atoms with E-state index in [0.717, 1.165) is 22.4 Å². The third kappa shape index (κ3) is 3.18. The quantitative estimate of drug-likeness (QED) is 0.594. The highest BCUT2D eigenvalue weighted by Crippen LogP contribution is 2.33. The summed E-state index contributed by atoms with van der Waals surface area (Å²) in [5, 5.41) is 0. The van der Waals surface area contributed by atoms with Gasteiger partial charge in [0, 0.05) is 0 Å². The van der Waals surface area contributed by atoms with Crippen molar-refractivity contribution >= 4 is 6.08 Å². The van der Waals surface area contributed by atoms with E-state index in [-0.39, 0.29) is 5.41 Å². The average Bonchev–Trinajstić information content (AvgIpc) is 2.25. The smallest absolute Gasteiger partial charge is 0.235 e. The summed E-state index contributed by atoms with van der Waals surface area (Å²) in [5.41, 5.74) is 3.31. The molecule has 3 nitrogen and oxygen atoms in total. The first-order chi connectivity index (χ1) is 7.90. The largest absolute Gasteiger partial charge is 0.496 e. The van der Waals surface area contributed by atoms with Gasteiger partial charge in [-0.05, 0) is 35.1 Å². The fourth-order valence-electron chi connectivity index (χ4n) is 1.77. The van der Waals surface area contributed by atoms with E-state index >= 15 is 0 Å². The Labute approximate surface area is 103 Å². The Bertz CT molecular complexity index is 452. The standard InChI is InChI=1S/C14H19NO2/c1-10-6-12(14(2,3)4)13(17-5)7-11(10)8-15-9-16/h6-7H,8H2,1-5H3. The van der Waals surface area contributed by atoms with Gasteiger partial charge in [0.05, 0.1) is 13.7 Å². The minimum atomic E-state index is 0.0303. The fourth-order valence-corrected chi connectivity index (χ4v) is 1.77. The summed E-state index contributed by atoms with van der Waals surface area (Å²) in [7, 11) is 1.66. The molecule has 0 amide bonds. The van der Waals surface area contributed by atoms with Gasteiger partial charge < -0.3 is 4.74 Å². The van der Waals surface area contributed by atoms with Gasteiger partial charge in [0.1, 0.15) is 5.75 Å². The maximum atomic E-state index is 10.1. The molecule has 0 saturated carbocycles. The lowest BCUT2D eigenvalue weighted by molar-refractivity contribution is 0.397. The van der Waals surface area contributed by atoms with Crippen LogP contribution in [0.5, 0.6) is 5.75 Å². The predicted octanol–water partition coefficient (Wildman–Crippen LogP) is 3.14. The molecule has 0 heterocycles. The van der Waals surface area contributed by atoms with Gasteiger partial charge in [0.15, 0.2) is 0 Å². The molecule has 0 bridgehead atoms. The van der Waals surface area contributed by atoms with Crippen LogP contribution in [-0.4, -0.2) is 13.2 Å². The molecule has 0 aliphatic rings. The number of isocyanates is 1. The van der Waals surface area contributed by atoms with Crippen molar-refractivity contribution in [2.75, 3.05) is 7.11 Å². The van der Waals surface area contributed by atoms with E-state index in [2.05, 4.69) is 31.8 Å². The minimum Gasteiger partial charge on any atom is -0.496 e. The Morgan fingerprint density at radius 1 is 1.35 bits per heavy atom. The maximum absolute atomic E-state index is 10.1. The van der Waals surface area contributed by atoms with Gasteiger partial charge in [-0.15, -0.1) is 0 Å². The van der Waals surface area contributed by atoms with E-state index in [1.54, 1.807) is 13.2 Å². The first-order valence-electron chi connectivity index (χ1n) is 5.61. The zero-order valence-corrected chi connectivity index (χ0v) is 11.1. The molecular weight excluding hydrogens is 214 g/mol. The molecule has 0 radical (unpaired) electrons. The number of nitrogens with zero attached hydrogens (tertiary/aromatic N) is 1. The highest BCUT2D eigenvalue weighted by molar-refractivity contribution is 5.46. The number of carbonyl (C=O) groups excluding carboxylic acids is 1. The van der Waals surface area contributed by atoms with Crippen LogP contribution in [0.3, 0.4) is 0 Å². The van der Waals surface area contributed by atoms with Gasteiger partial charge >= 0.3 is 0 Å². The van der Waals surface area contributed by atoms with E-state index in [0.29, 0.717) is 6.54 Å². The van der Waals surface area contributed by atoms with Crippen LogP contribution in [0.2, 0.25) is 0 Å². The van der Waals surface area contributed by atoms with Crippen LogP contribution >= 0.6 is 0 Å². The van der Waals surface area contributed by atoms with E-state index in [9.17, 15) is 4.79 Å². The summed E-state index contributed by atoms with van der Waals surface area (Å²) in [6, 6.07) is 4.06. The van der Waals surface area contributed by atoms with Crippen LogP contribution in [0.1, 0.15) is 37.5 Å². The number of aliphatic imine (C=N–C) groups is 1. The third-order valence-electron chi connectivity index (χ3n) is 2.78. The molecule has 0 atom stereocenters. The highest BCUT2D eigenvalue weighted by atomic mass is 16.5. The molecule has 0 N–H and O–H groups in total. The summed E-state index contributed by atoms with van der Waals surface area (Å²) in [6.45, 7) is 8.81. The molecule has 0 unspecified atom stereocenters. The second-order valence-corrected chi connectivity index (χ2v) is 5.14. The van der Waals surface area contributed by atoms with E-state index < -0.39 is 0 Å². The van der Waals surface area contributed by atoms with Gasteiger partial charge in [-0.3, -0.25) is 0 Å². The van der Waals surface area contributed by atoms with Gasteiger partial charge in [0.2, 0.25) is 6.08 Å². The van der Waals surface area contributed by atoms with Crippen LogP contribution in [0.15, 0.2) is 17.1 Å². The Morgan fingerprint density at radius 3 is 2.47 bits per heavy atom. The lowest BCUT2D eigenvalue weighted by Crippen LogP contribution is -2.13. The molecule has 0 spiro atoms. The second-order valence-electron chi connectivity index (χ2n) is 5.14. The van der Waals surface area contributed by atoms with Crippen molar-refractivity contribution in [3.8, 4) is 5.75 Å². The SMILES string of the molecule is COc1cc(CN=C=O)c(C)cc1C(C)(C)C. The van der Waals surface area contributed by atoms with Gasteiger partial charge in [0.25, 0.3) is 0 Å². The number of methoxy groups -OCH3 is 1. The molecule has 1 rings (SSSR count). The average molecular weight is 233 g/mol. The number of hydrogen-bond donors (Lipinski definition) is 0. The lowest BCUT2D eigenvalue weighted by Gasteiger charge is -2.23. The summed E-state index contributed by atoms with van der Waals surface area (Å²) in [6.07, 6.45) is 1.56. The Morgan fingerprint density at radius 2 is 2.00 bits per heavy atom. The van der Waals surface area contributed by atoms with Gasteiger partial charge in [-0.2, -0.15) is 0 Å². The van der Waals surface area contributed by atoms with Crippen LogP contribution in [0.25, 0.3) is 0 Å². The monoisotopic (exact) mass is 233 g/mol. The molecule has 1 aromatic rings. The Kier molecular flexibility index (Phi) is 4.08. The number of rotatable bonds is 3. The molecule has 0 aliphatic heterocycles. The van der Waals surface area contributed by atoms with Crippen LogP contribution in [0.4, 0.5) is 0 Å². The van der Waals surface area contributed by atoms with Gasteiger partial charge in [-0.25, -0.2) is 9.79 Å². The van der Waals surface area contributed by atoms with Crippen LogP contribution in [-0.2, 0) is 16.8 Å². The molecule has 92 valence electrons. The van der Waals surface area contributed by atoms with Crippen molar-refractivity contribution in [3.63, 3.8) is 0 Å². The van der Waals surface area contributed by atoms with Crippen molar-refractivity contribution in [2.24, 2.45) is 4.99 Å². The number of ether oxygens (including phenoxy) is 1. The summed E-state index contributed by atoms with van der Waals surface area (Å²) < 4.78 is 5.41. The second kappa shape index (κ2) is 5.15. The lowest BCUT2D eigenvalue weighted by atomic mass is 9.84. The van der Waals surface area contributed by atoms with Crippen molar-refractivity contribution in [1.82, 2.24) is 0 Å². The molecule has 0 fully saturated rings. The maximum Gasteiger partial charge on any atom is 0.235 e. The number of benzene rings is 1. The summed E-state index contributed by atoms with van der Waals surface area (Å²) in [5.74, 6) is 0.846. The zero-order valence-electron chi connectivity index (χ0n) is 11.1. The Hall–Kier alpha value is -1.60. The number of aryl methyl sites for hydroxylation is 1. The topological polar surface area (TPSA) is 38.7 Å². The van der Waals surface area contributed by atoms with Crippen LogP contribution in [0, 0.1) is 6.92 Å². The van der Waals surface area contributed by atoms with Crippen molar-refractivity contribution < 1.29 is 9.53 Å². The van der Waals surface area contributed by atoms with Crippen LogP contribution < -0.4 is 4.74 Å². The molecule has 0 aromatic heterocycles. The van der Waals surface area contributed by atoms with Crippen molar-refractivity contribution in [2.45, 2.75) is 39.7 Å². The third-order valence-corrected chi connectivity index (χ3v) is 2.78. The van der Waals surface area contributed by atoms with Crippen molar-refractivity contribution in [1.29, 1.82) is 0 Å².